The van der Waals surface area contributed by atoms with E-state index in [1.807, 2.05) is 0 Å². The number of hydrogen-bond acceptors (Lipinski definition) is 6. The van der Waals surface area contributed by atoms with Gasteiger partial charge >= 0.3 is 6.01 Å². The first-order valence-electron chi connectivity index (χ1n) is 24.4. The van der Waals surface area contributed by atoms with Crippen molar-refractivity contribution in [3.05, 3.63) is 175 Å². The molecule has 53 heavy (non-hydrogen) atoms. The van der Waals surface area contributed by atoms with E-state index in [1.54, 1.807) is 97.1 Å². The van der Waals surface area contributed by atoms with Gasteiger partial charge in [-0.05, 0) is 65.6 Å². The normalized spacial score (nSPS) is 22.2. The Labute approximate surface area is 331 Å². The number of allylic oxidation sites excluding steroid dienone is 4. The van der Waals surface area contributed by atoms with Gasteiger partial charge in [0.05, 0.1) is 33.7 Å². The number of para-hydroxylation sites is 5. The first-order chi connectivity index (χ1) is 32.2. The number of anilines is 6. The fraction of sp³-hybridized carbons (Fsp3) is 0.128. The van der Waals surface area contributed by atoms with Crippen LogP contribution in [0, 0.1) is 0 Å². The summed E-state index contributed by atoms with van der Waals surface area (Å²) in [5.41, 5.74) is 0.980. The summed E-state index contributed by atoms with van der Waals surface area (Å²) < 4.78 is 141. The molecule has 0 radical (unpaired) electrons. The quantitative estimate of drug-likeness (QED) is 0.156. The molecule has 0 bridgehead atoms. The fourth-order valence-corrected chi connectivity index (χ4v) is 6.57. The number of rotatable bonds is 9. The summed E-state index contributed by atoms with van der Waals surface area (Å²) in [6, 6.07) is 27.0. The van der Waals surface area contributed by atoms with Crippen LogP contribution in [0.25, 0.3) is 22.2 Å². The monoisotopic (exact) mass is 707 g/mol. The maximum atomic E-state index is 8.93. The maximum absolute atomic E-state index is 8.93. The molecule has 1 aliphatic heterocycles. The van der Waals surface area contributed by atoms with Crippen molar-refractivity contribution in [2.45, 2.75) is 31.4 Å². The van der Waals surface area contributed by atoms with Crippen LogP contribution in [0.5, 0.6) is 11.5 Å². The van der Waals surface area contributed by atoms with Gasteiger partial charge in [0.1, 0.15) is 17.0 Å². The van der Waals surface area contributed by atoms with Crippen LogP contribution >= 0.6 is 0 Å². The maximum Gasteiger partial charge on any atom is 0.303 e. The Hall–Kier alpha value is -6.53. The van der Waals surface area contributed by atoms with E-state index in [0.717, 1.165) is 6.08 Å². The Kier molecular flexibility index (Phi) is 5.09. The molecule has 9 rings (SSSR count). The Bertz CT molecular complexity index is 3140. The summed E-state index contributed by atoms with van der Waals surface area (Å²) in [6.07, 6.45) is -0.130. The zero-order chi connectivity index (χ0) is 48.6. The number of oxazole rings is 1. The van der Waals surface area contributed by atoms with Crippen LogP contribution in [0.4, 0.5) is 34.5 Å². The number of ether oxygens (including phenoxy) is 1. The van der Waals surface area contributed by atoms with Gasteiger partial charge in [0.25, 0.3) is 0 Å². The molecule has 0 fully saturated rings. The minimum atomic E-state index is -2.96. The van der Waals surface area contributed by atoms with Gasteiger partial charge in [-0.3, -0.25) is 4.90 Å². The second kappa shape index (κ2) is 13.5. The molecule has 260 valence electrons. The molecule has 6 heteroatoms. The van der Waals surface area contributed by atoms with Gasteiger partial charge in [-0.25, -0.2) is 0 Å². The first-order valence-corrected chi connectivity index (χ1v) is 16.9. The lowest BCUT2D eigenvalue weighted by molar-refractivity contribution is 0.483. The average Bonchev–Trinajstić information content (AvgIpc) is 3.89. The van der Waals surface area contributed by atoms with Gasteiger partial charge in [0.2, 0.25) is 0 Å². The molecule has 2 atom stereocenters. The standard InChI is InChI=1S/C47H40N4O2/c1-47(2)31-51(46-50-42-25-11-12-26-44(42)53-46)43-30-36(27-28-39(43)47)52-35-20-13-19-34(29-35)48-40-23-9-10-24-41(40)49-45-37(32-15-5-3-6-16-32)21-14-22-38(45)33-17-7-4-8-18-33/h3-17,19-30,33,48-49H,18,31H2,1-2H3/i1D3,2D3,3D,5D,6D,7D,8D,15D,16D,17D,18D. The molecule has 1 aromatic heterocycles. The molecule has 0 spiro atoms. The molecule has 2 N–H and O–H groups in total. The highest BCUT2D eigenvalue weighted by Gasteiger charge is 2.38. The third kappa shape index (κ3) is 6.44. The van der Waals surface area contributed by atoms with Crippen LogP contribution in [0.2, 0.25) is 0 Å². The van der Waals surface area contributed by atoms with Crippen LogP contribution in [0.3, 0.4) is 0 Å². The van der Waals surface area contributed by atoms with Gasteiger partial charge in [0, 0.05) is 50.9 Å². The van der Waals surface area contributed by atoms with Crippen LogP contribution in [-0.2, 0) is 5.41 Å². The van der Waals surface area contributed by atoms with Crippen molar-refractivity contribution in [1.29, 1.82) is 0 Å². The lowest BCUT2D eigenvalue weighted by Crippen LogP contribution is -2.25. The predicted molar refractivity (Wildman–Crippen MR) is 218 cm³/mol. The highest BCUT2D eigenvalue weighted by atomic mass is 16.5. The molecule has 0 amide bonds. The molecular weight excluding hydrogens is 653 g/mol. The van der Waals surface area contributed by atoms with Gasteiger partial charge in [-0.1, -0.05) is 123 Å². The number of nitrogens with one attached hydrogen (secondary N) is 2. The Balaban J connectivity index is 1.08. The van der Waals surface area contributed by atoms with E-state index < -0.39 is 68.2 Å². The van der Waals surface area contributed by atoms with Gasteiger partial charge < -0.3 is 19.8 Å². The van der Waals surface area contributed by atoms with E-state index in [9.17, 15) is 0 Å². The van der Waals surface area contributed by atoms with E-state index in [0.29, 0.717) is 39.5 Å². The Morgan fingerprint density at radius 3 is 2.55 bits per heavy atom. The molecule has 7 aromatic rings. The Morgan fingerprint density at radius 2 is 1.68 bits per heavy atom. The topological polar surface area (TPSA) is 62.6 Å². The first kappa shape index (κ1) is 19.9. The van der Waals surface area contributed by atoms with Crippen molar-refractivity contribution >= 4 is 45.6 Å². The summed E-state index contributed by atoms with van der Waals surface area (Å²) in [7, 11) is 0. The lowest BCUT2D eigenvalue weighted by Gasteiger charge is -2.23. The SMILES string of the molecule is [2H]C1=CC([2H])=C([2H])C(c2cccc(-c3c([2H])c([2H])c([2H])c([2H])c3[2H])c2Nc2ccccc2Nc2cccc(Oc3ccc4c(c3)N(c3nc5ccccc5o3)CC4(C([2H])([2H])[2H])C([2H])([2H])[2H])c2)C1[2H]. The summed E-state index contributed by atoms with van der Waals surface area (Å²) in [4.78, 5) is 6.02. The molecule has 2 heterocycles. The third-order valence-electron chi connectivity index (χ3n) is 9.02. The van der Waals surface area contributed by atoms with Crippen LogP contribution in [-0.4, -0.2) is 11.5 Å². The molecule has 2 aliphatic rings. The minimum Gasteiger partial charge on any atom is -0.457 e. The van der Waals surface area contributed by atoms with Crippen LogP contribution in [0.1, 0.15) is 57.7 Å². The number of nitrogens with zero attached hydrogens (tertiary/aromatic N) is 2. The van der Waals surface area contributed by atoms with Crippen molar-refractivity contribution < 1.29 is 29.7 Å². The van der Waals surface area contributed by atoms with Crippen molar-refractivity contribution in [2.75, 3.05) is 22.1 Å². The number of aromatic nitrogens is 1. The number of fused-ring (bicyclic) bond motifs is 2. The second-order valence-electron chi connectivity index (χ2n) is 12.6. The van der Waals surface area contributed by atoms with E-state index in [4.69, 9.17) is 29.7 Å². The van der Waals surface area contributed by atoms with E-state index in [1.165, 1.54) is 17.0 Å². The molecule has 1 aliphatic carbocycles. The van der Waals surface area contributed by atoms with E-state index in [-0.39, 0.29) is 58.0 Å². The fourth-order valence-electron chi connectivity index (χ4n) is 6.57. The van der Waals surface area contributed by atoms with Crippen molar-refractivity contribution in [2.24, 2.45) is 0 Å². The summed E-state index contributed by atoms with van der Waals surface area (Å²) in [5, 5.41) is 6.75. The van der Waals surface area contributed by atoms with Gasteiger partial charge in [-0.15, -0.1) is 0 Å². The van der Waals surface area contributed by atoms with E-state index >= 15 is 0 Å². The van der Waals surface area contributed by atoms with Crippen LogP contribution < -0.4 is 20.3 Å². The predicted octanol–water partition coefficient (Wildman–Crippen LogP) is 12.8. The van der Waals surface area contributed by atoms with Crippen molar-refractivity contribution in [1.82, 2.24) is 4.98 Å². The lowest BCUT2D eigenvalue weighted by atomic mass is 9.87. The number of benzene rings is 6. The van der Waals surface area contributed by atoms with Crippen molar-refractivity contribution in [3.63, 3.8) is 0 Å². The Morgan fingerprint density at radius 1 is 0.868 bits per heavy atom. The zero-order valence-corrected chi connectivity index (χ0v) is 28.0. The summed E-state index contributed by atoms with van der Waals surface area (Å²) in [5.74, 6) is -0.522. The molecular formula is C47H40N4O2. The molecule has 0 saturated heterocycles. The number of hydrogen-bond donors (Lipinski definition) is 2. The minimum absolute atomic E-state index is 0.0236. The van der Waals surface area contributed by atoms with Crippen molar-refractivity contribution in [3.8, 4) is 22.6 Å². The third-order valence-corrected chi connectivity index (χ3v) is 9.02. The highest BCUT2D eigenvalue weighted by molar-refractivity contribution is 5.88. The average molecular weight is 708 g/mol. The summed E-state index contributed by atoms with van der Waals surface area (Å²) >= 11 is 0. The molecule has 0 saturated carbocycles. The smallest absolute Gasteiger partial charge is 0.303 e. The van der Waals surface area contributed by atoms with Gasteiger partial charge in [-0.2, -0.15) is 4.98 Å². The van der Waals surface area contributed by atoms with E-state index in [2.05, 4.69) is 15.6 Å². The molecule has 2 unspecified atom stereocenters. The van der Waals surface area contributed by atoms with Crippen LogP contribution in [0.15, 0.2) is 168 Å². The highest BCUT2D eigenvalue weighted by Crippen LogP contribution is 2.47. The molecule has 6 nitrogen and oxygen atoms in total. The largest absolute Gasteiger partial charge is 0.457 e. The van der Waals surface area contributed by atoms with Gasteiger partial charge in [0.15, 0.2) is 5.58 Å². The summed E-state index contributed by atoms with van der Waals surface area (Å²) in [6.45, 7) is -6.38. The molecule has 6 aromatic carbocycles. The second-order valence-corrected chi connectivity index (χ2v) is 12.6. The zero-order valence-electron chi connectivity index (χ0n) is 43.0.